The molecule has 1 N–H and O–H groups in total. The summed E-state index contributed by atoms with van der Waals surface area (Å²) in [7, 11) is 0. The van der Waals surface area contributed by atoms with Gasteiger partial charge in [-0.25, -0.2) is 9.29 Å². The van der Waals surface area contributed by atoms with Gasteiger partial charge in [-0.3, -0.25) is 9.59 Å². The number of anilines is 1. The molecule has 1 aromatic carbocycles. The number of nitrogens with zero attached hydrogens (tertiary/aromatic N) is 1. The summed E-state index contributed by atoms with van der Waals surface area (Å²) in [4.78, 5) is 27.9. The first-order valence-corrected chi connectivity index (χ1v) is 6.98. The standard InChI is InChI=1S/C16H12ClFN2O2/c1-8-5-9(2)19-13(8)7-12-11-6-10(18)3-4-14(11)20(15(12)21)16(17)22/h3-7,19H,1-2H3. The Morgan fingerprint density at radius 3 is 2.64 bits per heavy atom. The fourth-order valence-electron chi connectivity index (χ4n) is 2.62. The van der Waals surface area contributed by atoms with E-state index < -0.39 is 17.1 Å². The lowest BCUT2D eigenvalue weighted by Crippen LogP contribution is -2.28. The number of benzene rings is 1. The van der Waals surface area contributed by atoms with Gasteiger partial charge in [0.05, 0.1) is 11.3 Å². The van der Waals surface area contributed by atoms with Crippen molar-refractivity contribution in [1.82, 2.24) is 4.98 Å². The Labute approximate surface area is 131 Å². The molecular weight excluding hydrogens is 307 g/mol. The molecule has 0 atom stereocenters. The summed E-state index contributed by atoms with van der Waals surface area (Å²) in [5.74, 6) is -1.05. The first kappa shape index (κ1) is 14.5. The second-order valence-corrected chi connectivity index (χ2v) is 5.49. The number of nitrogens with one attached hydrogen (secondary N) is 1. The molecule has 2 heterocycles. The van der Waals surface area contributed by atoms with E-state index in [2.05, 4.69) is 4.98 Å². The number of aromatic nitrogens is 1. The molecule has 0 aliphatic carbocycles. The molecule has 1 aliphatic rings. The van der Waals surface area contributed by atoms with Crippen molar-refractivity contribution in [3.05, 3.63) is 52.6 Å². The molecule has 6 heteroatoms. The maximum Gasteiger partial charge on any atom is 0.327 e. The van der Waals surface area contributed by atoms with E-state index in [-0.39, 0.29) is 5.57 Å². The van der Waals surface area contributed by atoms with Gasteiger partial charge < -0.3 is 4.98 Å². The Morgan fingerprint density at radius 2 is 2.05 bits per heavy atom. The van der Waals surface area contributed by atoms with Gasteiger partial charge in [0, 0.05) is 17.0 Å². The van der Waals surface area contributed by atoms with Gasteiger partial charge in [0.1, 0.15) is 5.82 Å². The van der Waals surface area contributed by atoms with Crippen LogP contribution in [-0.2, 0) is 4.79 Å². The third-order valence-corrected chi connectivity index (χ3v) is 3.75. The lowest BCUT2D eigenvalue weighted by Gasteiger charge is -2.09. The van der Waals surface area contributed by atoms with Crippen molar-refractivity contribution in [2.45, 2.75) is 13.8 Å². The number of aromatic amines is 1. The van der Waals surface area contributed by atoms with Gasteiger partial charge >= 0.3 is 5.37 Å². The Balaban J connectivity index is 2.21. The van der Waals surface area contributed by atoms with Crippen LogP contribution in [0.4, 0.5) is 14.9 Å². The van der Waals surface area contributed by atoms with Crippen LogP contribution in [0.2, 0.25) is 0 Å². The first-order valence-electron chi connectivity index (χ1n) is 6.60. The van der Waals surface area contributed by atoms with E-state index in [0.717, 1.165) is 21.9 Å². The van der Waals surface area contributed by atoms with Crippen LogP contribution in [0.25, 0.3) is 11.6 Å². The second-order valence-electron chi connectivity index (χ2n) is 5.16. The SMILES string of the molecule is Cc1cc(C)c(C=C2C(=O)N(C(=O)Cl)c3ccc(F)cc32)[nH]1. The van der Waals surface area contributed by atoms with E-state index in [1.54, 1.807) is 6.08 Å². The number of amides is 2. The monoisotopic (exact) mass is 318 g/mol. The minimum atomic E-state index is -0.916. The molecular formula is C16H12ClFN2O2. The third-order valence-electron chi connectivity index (χ3n) is 3.58. The zero-order chi connectivity index (χ0) is 16.0. The maximum absolute atomic E-state index is 13.5. The number of fused-ring (bicyclic) bond motifs is 1. The fraction of sp³-hybridized carbons (Fsp3) is 0.125. The molecule has 3 rings (SSSR count). The number of aryl methyl sites for hydroxylation is 2. The van der Waals surface area contributed by atoms with Gasteiger partial charge in [0.2, 0.25) is 0 Å². The van der Waals surface area contributed by atoms with E-state index in [4.69, 9.17) is 11.6 Å². The van der Waals surface area contributed by atoms with Gasteiger partial charge in [-0.15, -0.1) is 0 Å². The van der Waals surface area contributed by atoms with Crippen molar-refractivity contribution in [2.75, 3.05) is 4.90 Å². The summed E-state index contributed by atoms with van der Waals surface area (Å²) < 4.78 is 13.5. The van der Waals surface area contributed by atoms with Gasteiger partial charge in [-0.2, -0.15) is 0 Å². The van der Waals surface area contributed by atoms with Gasteiger partial charge in [0.25, 0.3) is 5.91 Å². The molecule has 0 saturated carbocycles. The van der Waals surface area contributed by atoms with Crippen molar-refractivity contribution in [3.8, 4) is 0 Å². The average Bonchev–Trinajstić information content (AvgIpc) is 2.88. The van der Waals surface area contributed by atoms with Crippen LogP contribution in [0.3, 0.4) is 0 Å². The molecule has 0 saturated heterocycles. The number of hydrogen-bond acceptors (Lipinski definition) is 2. The van der Waals surface area contributed by atoms with Crippen molar-refractivity contribution >= 4 is 40.2 Å². The highest BCUT2D eigenvalue weighted by atomic mass is 35.5. The van der Waals surface area contributed by atoms with E-state index >= 15 is 0 Å². The predicted octanol–water partition coefficient (Wildman–Crippen LogP) is 4.02. The summed E-state index contributed by atoms with van der Waals surface area (Å²) in [6.45, 7) is 3.79. The lowest BCUT2D eigenvalue weighted by molar-refractivity contribution is -0.112. The summed E-state index contributed by atoms with van der Waals surface area (Å²) in [5.41, 5.74) is 3.50. The van der Waals surface area contributed by atoms with Crippen LogP contribution in [0.5, 0.6) is 0 Å². The van der Waals surface area contributed by atoms with Crippen LogP contribution >= 0.6 is 11.6 Å². The van der Waals surface area contributed by atoms with E-state index in [1.807, 2.05) is 19.9 Å². The number of halogens is 2. The smallest absolute Gasteiger partial charge is 0.327 e. The van der Waals surface area contributed by atoms with Crippen LogP contribution in [0.15, 0.2) is 24.3 Å². The molecule has 112 valence electrons. The highest BCUT2D eigenvalue weighted by molar-refractivity contribution is 6.70. The number of H-pyrrole nitrogens is 1. The molecule has 0 fully saturated rings. The Morgan fingerprint density at radius 1 is 1.32 bits per heavy atom. The van der Waals surface area contributed by atoms with Crippen LogP contribution in [-0.4, -0.2) is 16.3 Å². The molecule has 0 radical (unpaired) electrons. The van der Waals surface area contributed by atoms with E-state index in [1.165, 1.54) is 18.2 Å². The Bertz CT molecular complexity index is 839. The lowest BCUT2D eigenvalue weighted by atomic mass is 10.1. The summed E-state index contributed by atoms with van der Waals surface area (Å²) in [6.07, 6.45) is 1.61. The third kappa shape index (κ3) is 2.23. The maximum atomic E-state index is 13.5. The van der Waals surface area contributed by atoms with Crippen LogP contribution in [0, 0.1) is 19.7 Å². The average molecular weight is 319 g/mol. The molecule has 2 amide bonds. The van der Waals surface area contributed by atoms with Crippen molar-refractivity contribution < 1.29 is 14.0 Å². The number of carbonyl (C=O) groups excluding carboxylic acids is 2. The fourth-order valence-corrected chi connectivity index (χ4v) is 2.79. The highest BCUT2D eigenvalue weighted by Crippen LogP contribution is 2.39. The zero-order valence-corrected chi connectivity index (χ0v) is 12.7. The van der Waals surface area contributed by atoms with Crippen molar-refractivity contribution in [2.24, 2.45) is 0 Å². The quantitative estimate of drug-likeness (QED) is 0.490. The normalized spacial score (nSPS) is 15.5. The number of hydrogen-bond donors (Lipinski definition) is 1. The molecule has 4 nitrogen and oxygen atoms in total. The largest absolute Gasteiger partial charge is 0.359 e. The van der Waals surface area contributed by atoms with E-state index in [0.29, 0.717) is 11.3 Å². The summed E-state index contributed by atoms with van der Waals surface area (Å²) in [5, 5.41) is -0.916. The predicted molar refractivity (Wildman–Crippen MR) is 83.3 cm³/mol. The number of rotatable bonds is 1. The Hall–Kier alpha value is -2.40. The van der Waals surface area contributed by atoms with Crippen molar-refractivity contribution in [1.29, 1.82) is 0 Å². The van der Waals surface area contributed by atoms with E-state index in [9.17, 15) is 14.0 Å². The molecule has 1 aromatic heterocycles. The molecule has 0 spiro atoms. The summed E-state index contributed by atoms with van der Waals surface area (Å²) in [6, 6.07) is 5.72. The number of imide groups is 1. The van der Waals surface area contributed by atoms with Gasteiger partial charge in [-0.1, -0.05) is 0 Å². The molecule has 1 aliphatic heterocycles. The highest BCUT2D eigenvalue weighted by Gasteiger charge is 2.36. The first-order chi connectivity index (χ1) is 10.4. The van der Waals surface area contributed by atoms with Gasteiger partial charge in [-0.05, 0) is 61.4 Å². The number of carbonyl (C=O) groups is 2. The molecule has 0 unspecified atom stereocenters. The Kier molecular flexibility index (Phi) is 3.37. The van der Waals surface area contributed by atoms with Crippen LogP contribution in [0.1, 0.15) is 22.5 Å². The van der Waals surface area contributed by atoms with Crippen molar-refractivity contribution in [3.63, 3.8) is 0 Å². The second kappa shape index (κ2) is 5.10. The van der Waals surface area contributed by atoms with Crippen LogP contribution < -0.4 is 4.90 Å². The summed E-state index contributed by atoms with van der Waals surface area (Å²) >= 11 is 5.49. The minimum Gasteiger partial charge on any atom is -0.359 e. The molecule has 2 aromatic rings. The topological polar surface area (TPSA) is 53.2 Å². The minimum absolute atomic E-state index is 0.230. The molecule has 22 heavy (non-hydrogen) atoms. The zero-order valence-electron chi connectivity index (χ0n) is 11.9. The van der Waals surface area contributed by atoms with Gasteiger partial charge in [0.15, 0.2) is 0 Å². The molecule has 0 bridgehead atoms.